The van der Waals surface area contributed by atoms with Crippen molar-refractivity contribution in [2.45, 2.75) is 31.4 Å². The summed E-state index contributed by atoms with van der Waals surface area (Å²) in [5.74, 6) is -0.607. The Balaban J connectivity index is 1.99. The molecule has 21 heavy (non-hydrogen) atoms. The fraction of sp³-hybridized carbons (Fsp3) is 0.500. The highest BCUT2D eigenvalue weighted by Crippen LogP contribution is 2.31. The number of aliphatic hydroxyl groups excluding tert-OH is 1. The molecule has 0 radical (unpaired) electrons. The highest BCUT2D eigenvalue weighted by atomic mass is 32.2. The molecule has 0 aliphatic heterocycles. The number of rotatable bonds is 6. The number of aliphatic hydroxyl groups is 1. The van der Waals surface area contributed by atoms with Crippen LogP contribution in [0.2, 0.25) is 0 Å². The van der Waals surface area contributed by atoms with E-state index in [1.807, 2.05) is 24.3 Å². The second-order valence-corrected chi connectivity index (χ2v) is 6.94. The molecule has 1 aliphatic rings. The Morgan fingerprint density at radius 3 is 2.86 bits per heavy atom. The van der Waals surface area contributed by atoms with Crippen molar-refractivity contribution in [3.63, 3.8) is 0 Å². The van der Waals surface area contributed by atoms with Crippen LogP contribution in [0.4, 0.5) is 0 Å². The van der Waals surface area contributed by atoms with Crippen molar-refractivity contribution in [2.75, 3.05) is 12.9 Å². The van der Waals surface area contributed by atoms with Gasteiger partial charge in [-0.1, -0.05) is 24.3 Å². The number of nitrogens with one attached hydrogen (secondary N) is 1. The van der Waals surface area contributed by atoms with Gasteiger partial charge in [-0.2, -0.15) is 0 Å². The predicted molar refractivity (Wildman–Crippen MR) is 77.1 cm³/mol. The number of sulfonamides is 1. The van der Waals surface area contributed by atoms with Crippen molar-refractivity contribution in [1.29, 1.82) is 0 Å². The van der Waals surface area contributed by atoms with Crippen molar-refractivity contribution in [2.24, 2.45) is 0 Å². The molecule has 0 spiro atoms. The van der Waals surface area contributed by atoms with E-state index in [2.05, 4.69) is 9.46 Å². The zero-order chi connectivity index (χ0) is 15.5. The van der Waals surface area contributed by atoms with Gasteiger partial charge in [-0.05, 0) is 17.5 Å². The fourth-order valence-electron chi connectivity index (χ4n) is 2.48. The third-order valence-electron chi connectivity index (χ3n) is 3.53. The van der Waals surface area contributed by atoms with Crippen molar-refractivity contribution in [1.82, 2.24) is 4.72 Å². The Bertz CT molecular complexity index is 614. The van der Waals surface area contributed by atoms with Crippen molar-refractivity contribution < 1.29 is 23.1 Å². The number of benzene rings is 1. The minimum absolute atomic E-state index is 0.0568. The van der Waals surface area contributed by atoms with Gasteiger partial charge in [-0.25, -0.2) is 13.1 Å². The first-order valence-corrected chi connectivity index (χ1v) is 8.41. The third kappa shape index (κ3) is 4.03. The minimum atomic E-state index is -3.56. The van der Waals surface area contributed by atoms with Crippen molar-refractivity contribution >= 4 is 16.0 Å². The Kier molecular flexibility index (Phi) is 4.97. The number of ether oxygens (including phenoxy) is 1. The van der Waals surface area contributed by atoms with E-state index < -0.39 is 28.1 Å². The van der Waals surface area contributed by atoms with E-state index in [9.17, 15) is 18.3 Å². The highest BCUT2D eigenvalue weighted by molar-refractivity contribution is 7.89. The van der Waals surface area contributed by atoms with Crippen LogP contribution >= 0.6 is 0 Å². The Morgan fingerprint density at radius 1 is 1.43 bits per heavy atom. The molecule has 0 fully saturated rings. The van der Waals surface area contributed by atoms with Gasteiger partial charge >= 0.3 is 5.97 Å². The van der Waals surface area contributed by atoms with Crippen LogP contribution in [0.1, 0.15) is 30.0 Å². The summed E-state index contributed by atoms with van der Waals surface area (Å²) in [7, 11) is -2.30. The molecule has 0 heterocycles. The monoisotopic (exact) mass is 313 g/mol. The molecule has 0 aromatic heterocycles. The Hall–Kier alpha value is -1.44. The van der Waals surface area contributed by atoms with Crippen LogP contribution in [-0.4, -0.2) is 38.5 Å². The average Bonchev–Trinajstić information content (AvgIpc) is 2.74. The second-order valence-electron chi connectivity index (χ2n) is 5.06. The number of hydrogen-bond acceptors (Lipinski definition) is 5. The summed E-state index contributed by atoms with van der Waals surface area (Å²) in [5.41, 5.74) is 1.76. The molecule has 6 nitrogen and oxygen atoms in total. The fourth-order valence-corrected chi connectivity index (χ4v) is 3.79. The quantitative estimate of drug-likeness (QED) is 0.747. The molecule has 0 saturated heterocycles. The summed E-state index contributed by atoms with van der Waals surface area (Å²) in [6, 6.07) is 6.75. The summed E-state index contributed by atoms with van der Waals surface area (Å²) >= 11 is 0. The first kappa shape index (κ1) is 15.9. The number of methoxy groups -OCH3 is 1. The second kappa shape index (κ2) is 6.55. The summed E-state index contributed by atoms with van der Waals surface area (Å²) in [5, 5.41) is 10.0. The van der Waals surface area contributed by atoms with E-state index in [0.29, 0.717) is 6.42 Å². The predicted octanol–water partition coefficient (Wildman–Crippen LogP) is 0.517. The van der Waals surface area contributed by atoms with Gasteiger partial charge in [-0.3, -0.25) is 4.79 Å². The molecule has 1 aliphatic carbocycles. The molecule has 0 saturated carbocycles. The van der Waals surface area contributed by atoms with Gasteiger partial charge < -0.3 is 9.84 Å². The standard InChI is InChI=1S/C14H19NO5S/c1-20-13(17)7-4-8-21(18,19)15-14-11-6-3-2-5-10(11)9-12(14)16/h2-3,5-6,12,14-16H,4,7-9H2,1H3/t12-,14+/m1/s1. The highest BCUT2D eigenvalue weighted by Gasteiger charge is 2.33. The number of carbonyl (C=O) groups is 1. The van der Waals surface area contributed by atoms with E-state index in [0.717, 1.165) is 11.1 Å². The van der Waals surface area contributed by atoms with Gasteiger partial charge in [0.25, 0.3) is 0 Å². The van der Waals surface area contributed by atoms with Crippen LogP contribution in [0.15, 0.2) is 24.3 Å². The summed E-state index contributed by atoms with van der Waals surface area (Å²) in [4.78, 5) is 11.0. The lowest BCUT2D eigenvalue weighted by molar-refractivity contribution is -0.140. The zero-order valence-corrected chi connectivity index (χ0v) is 12.6. The molecule has 0 amide bonds. The first-order valence-electron chi connectivity index (χ1n) is 6.75. The van der Waals surface area contributed by atoms with Crippen LogP contribution in [0, 0.1) is 0 Å². The van der Waals surface area contributed by atoms with E-state index in [-0.39, 0.29) is 18.6 Å². The van der Waals surface area contributed by atoms with Gasteiger partial charge in [0.1, 0.15) is 0 Å². The van der Waals surface area contributed by atoms with E-state index >= 15 is 0 Å². The Morgan fingerprint density at radius 2 is 2.14 bits per heavy atom. The van der Waals surface area contributed by atoms with Crippen molar-refractivity contribution in [3.8, 4) is 0 Å². The molecule has 2 N–H and O–H groups in total. The van der Waals surface area contributed by atoms with Crippen molar-refractivity contribution in [3.05, 3.63) is 35.4 Å². The number of fused-ring (bicyclic) bond motifs is 1. The minimum Gasteiger partial charge on any atom is -0.469 e. The summed E-state index contributed by atoms with van der Waals surface area (Å²) in [6.45, 7) is 0. The lowest BCUT2D eigenvalue weighted by Gasteiger charge is -2.17. The summed E-state index contributed by atoms with van der Waals surface area (Å²) in [6.07, 6.45) is -0.0862. The number of esters is 1. The summed E-state index contributed by atoms with van der Waals surface area (Å²) < 4.78 is 31.1. The topological polar surface area (TPSA) is 92.7 Å². The maximum atomic E-state index is 12.0. The molecule has 0 bridgehead atoms. The molecular formula is C14H19NO5S. The maximum absolute atomic E-state index is 12.0. The van der Waals surface area contributed by atoms with Crippen LogP contribution in [-0.2, 0) is 26.0 Å². The van der Waals surface area contributed by atoms with Gasteiger partial charge in [0.05, 0.1) is 25.0 Å². The molecular weight excluding hydrogens is 294 g/mol. The molecule has 0 unspecified atom stereocenters. The normalized spacial score (nSPS) is 21.0. The van der Waals surface area contributed by atoms with Gasteiger partial charge in [0.2, 0.25) is 10.0 Å². The molecule has 2 rings (SSSR count). The van der Waals surface area contributed by atoms with Gasteiger partial charge in [0.15, 0.2) is 0 Å². The number of carbonyl (C=O) groups excluding carboxylic acids is 1. The molecule has 7 heteroatoms. The Labute approximate surface area is 124 Å². The largest absolute Gasteiger partial charge is 0.469 e. The lowest BCUT2D eigenvalue weighted by atomic mass is 10.1. The van der Waals surface area contributed by atoms with Crippen LogP contribution < -0.4 is 4.72 Å². The molecule has 1 aromatic rings. The zero-order valence-electron chi connectivity index (χ0n) is 11.8. The maximum Gasteiger partial charge on any atom is 0.305 e. The van der Waals surface area contributed by atoms with Gasteiger partial charge in [-0.15, -0.1) is 0 Å². The molecule has 116 valence electrons. The number of hydrogen-bond donors (Lipinski definition) is 2. The lowest BCUT2D eigenvalue weighted by Crippen LogP contribution is -2.35. The molecule has 2 atom stereocenters. The first-order chi connectivity index (χ1) is 9.93. The van der Waals surface area contributed by atoms with Crippen LogP contribution in [0.25, 0.3) is 0 Å². The SMILES string of the molecule is COC(=O)CCCS(=O)(=O)N[C@H]1c2ccccc2C[C@H]1O. The van der Waals surface area contributed by atoms with E-state index in [1.165, 1.54) is 7.11 Å². The van der Waals surface area contributed by atoms with E-state index in [4.69, 9.17) is 0 Å². The van der Waals surface area contributed by atoms with Gasteiger partial charge in [0, 0.05) is 12.8 Å². The average molecular weight is 313 g/mol. The van der Waals surface area contributed by atoms with Crippen LogP contribution in [0.5, 0.6) is 0 Å². The molecule has 1 aromatic carbocycles. The van der Waals surface area contributed by atoms with E-state index in [1.54, 1.807) is 0 Å². The van der Waals surface area contributed by atoms with Crippen LogP contribution in [0.3, 0.4) is 0 Å². The third-order valence-corrected chi connectivity index (χ3v) is 4.97. The smallest absolute Gasteiger partial charge is 0.305 e.